The summed E-state index contributed by atoms with van der Waals surface area (Å²) in [6.45, 7) is 11.6. The third kappa shape index (κ3) is 9.06. The Morgan fingerprint density at radius 1 is 0.662 bits per heavy atom. The van der Waals surface area contributed by atoms with Crippen LogP contribution in [0.1, 0.15) is 103 Å². The van der Waals surface area contributed by atoms with E-state index in [4.69, 9.17) is 5.73 Å². The van der Waals surface area contributed by atoms with Gasteiger partial charge in [-0.25, -0.2) is 0 Å². The lowest BCUT2D eigenvalue weighted by atomic mass is 9.78. The Morgan fingerprint density at radius 2 is 1.25 bits per heavy atom. The highest BCUT2D eigenvalue weighted by Crippen LogP contribution is 2.57. The van der Waals surface area contributed by atoms with E-state index < -0.39 is 113 Å². The van der Waals surface area contributed by atoms with Crippen LogP contribution in [0.5, 0.6) is 5.75 Å². The van der Waals surface area contributed by atoms with Crippen molar-refractivity contribution in [2.75, 3.05) is 18.0 Å². The zero-order chi connectivity index (χ0) is 54.8. The number of hydrogen-bond acceptors (Lipinski definition) is 10. The molecule has 7 N–H and O–H groups in total. The molecule has 19 heteroatoms. The normalized spacial score (nSPS) is 30.0. The molecule has 3 aromatic carbocycles. The molecule has 12 unspecified atom stereocenters. The number of phenolic OH excluding ortho intramolecular Hbond substituents is 1. The first kappa shape index (κ1) is 53.1. The van der Waals surface area contributed by atoms with Gasteiger partial charge in [-0.2, -0.15) is 0 Å². The van der Waals surface area contributed by atoms with Crippen molar-refractivity contribution < 1.29 is 43.5 Å². The Hall–Kier alpha value is -7.28. The second-order valence-corrected chi connectivity index (χ2v) is 22.6. The number of carbonyl (C=O) groups excluding carboxylic acids is 8. The molecule has 6 aliphatic heterocycles. The molecule has 1 spiro atoms. The maximum atomic E-state index is 15.6. The minimum atomic E-state index is -1.27. The second kappa shape index (κ2) is 20.9. The van der Waals surface area contributed by atoms with Gasteiger partial charge in [0.1, 0.15) is 59.7 Å². The number of piperidine rings is 1. The van der Waals surface area contributed by atoms with Gasteiger partial charge in [-0.3, -0.25) is 43.3 Å². The zero-order valence-electron chi connectivity index (χ0n) is 44.7. The molecule has 6 aliphatic rings. The average Bonchev–Trinajstić information content (AvgIpc) is 4.47. The standard InChI is InChI=1S/C58H72N10O9/c1-7-32(5)47-52(73)60-40-29-58(38-16-10-12-18-42(38)67-54(75)45(68(53(40)74)57(58)67)27-34-21-23-36(69)24-22-34)66-30-35(37-15-9-11-17-41(37)66)28-39(59)49(70)63-48(33(6)8-2)56(77)65-26-14-19-43(65)50(71)61-46(31(3)4)55(76)64-25-13-20-44(64)51(72)62-47/h9-12,15-18,21-24,30-33,39-40,43-48,57,69H,7-8,13-14,19-20,25-29,59H2,1-6H3,(H,60,73)(H,61,71)(H,62,72)(H,63,70). The van der Waals surface area contributed by atoms with Crippen molar-refractivity contribution in [2.24, 2.45) is 23.5 Å². The van der Waals surface area contributed by atoms with Crippen LogP contribution in [0.2, 0.25) is 0 Å². The molecule has 4 saturated heterocycles. The third-order valence-corrected chi connectivity index (χ3v) is 17.7. The Labute approximate surface area is 448 Å². The quantitative estimate of drug-likeness (QED) is 0.158. The van der Waals surface area contributed by atoms with E-state index in [9.17, 15) is 29.1 Å². The highest BCUT2D eigenvalue weighted by atomic mass is 16.3. The number of hydrogen-bond donors (Lipinski definition) is 6. The summed E-state index contributed by atoms with van der Waals surface area (Å²) in [6, 6.07) is 13.1. The summed E-state index contributed by atoms with van der Waals surface area (Å²) >= 11 is 0. The van der Waals surface area contributed by atoms with Crippen LogP contribution in [0.3, 0.4) is 0 Å². The summed E-state index contributed by atoms with van der Waals surface area (Å²) in [6.07, 6.45) is 3.75. The van der Waals surface area contributed by atoms with E-state index in [1.165, 1.54) is 21.9 Å². The number of benzene rings is 3. The molecule has 10 rings (SSSR count). The molecule has 1 aromatic heterocycles. The number of para-hydroxylation sites is 2. The fraction of sp³-hybridized carbons (Fsp3) is 0.517. The van der Waals surface area contributed by atoms with Gasteiger partial charge >= 0.3 is 0 Å². The van der Waals surface area contributed by atoms with E-state index in [0.29, 0.717) is 60.9 Å². The molecular formula is C58H72N10O9. The minimum absolute atomic E-state index is 0.0196. The van der Waals surface area contributed by atoms with Gasteiger partial charge in [0.25, 0.3) is 5.91 Å². The number of aromatic nitrogens is 1. The van der Waals surface area contributed by atoms with Gasteiger partial charge in [-0.05, 0) is 85.3 Å². The SMILES string of the molecule is CCC(C)C1NC(=O)C2CCCN2C(=O)C(C(C)C)NC(=O)C2CCCN2C(=O)C(C(C)CC)NC(=O)C(N)Cc2cn(c3ccccc23)C23CC(NC1=O)C(=O)N1C(Cc4ccc(O)cc4)C(=O)N(c4ccccc42)C13. The molecule has 0 radical (unpaired) electrons. The lowest BCUT2D eigenvalue weighted by Gasteiger charge is -2.49. The number of nitrogens with two attached hydrogens (primary N) is 1. The highest BCUT2D eigenvalue weighted by Gasteiger charge is 2.68. The van der Waals surface area contributed by atoms with Crippen molar-refractivity contribution in [2.45, 2.75) is 159 Å². The van der Waals surface area contributed by atoms with Crippen molar-refractivity contribution >= 4 is 63.8 Å². The van der Waals surface area contributed by atoms with Crippen LogP contribution < -0.4 is 31.9 Å². The molecule has 4 fully saturated rings. The van der Waals surface area contributed by atoms with Crippen molar-refractivity contribution in [3.63, 3.8) is 0 Å². The average molecular weight is 1050 g/mol. The summed E-state index contributed by atoms with van der Waals surface area (Å²) in [5, 5.41) is 23.0. The highest BCUT2D eigenvalue weighted by molar-refractivity contribution is 6.09. The number of rotatable bonds is 7. The van der Waals surface area contributed by atoms with Crippen molar-refractivity contribution in [3.05, 3.63) is 95.7 Å². The summed E-state index contributed by atoms with van der Waals surface area (Å²) in [5.74, 6) is -5.09. The van der Waals surface area contributed by atoms with E-state index >= 15 is 14.4 Å². The predicted octanol–water partition coefficient (Wildman–Crippen LogP) is 3.17. The monoisotopic (exact) mass is 1050 g/mol. The Morgan fingerprint density at radius 3 is 1.90 bits per heavy atom. The number of amides is 8. The van der Waals surface area contributed by atoms with E-state index in [1.807, 2.05) is 82.4 Å². The molecule has 77 heavy (non-hydrogen) atoms. The fourth-order valence-corrected chi connectivity index (χ4v) is 13.1. The van der Waals surface area contributed by atoms with E-state index in [2.05, 4.69) is 25.8 Å². The molecule has 7 heterocycles. The predicted molar refractivity (Wildman–Crippen MR) is 286 cm³/mol. The molecule has 408 valence electrons. The molecule has 19 nitrogen and oxygen atoms in total. The number of fused-ring (bicyclic) bond motifs is 10. The largest absolute Gasteiger partial charge is 0.508 e. The number of carbonyl (C=O) groups is 8. The number of phenols is 1. The molecule has 12 atom stereocenters. The van der Waals surface area contributed by atoms with Gasteiger partial charge in [-0.15, -0.1) is 0 Å². The number of nitrogens with one attached hydrogen (secondary N) is 4. The van der Waals surface area contributed by atoms with Crippen LogP contribution >= 0.6 is 0 Å². The van der Waals surface area contributed by atoms with E-state index in [0.717, 1.165) is 10.9 Å². The minimum Gasteiger partial charge on any atom is -0.508 e. The van der Waals surface area contributed by atoms with Gasteiger partial charge in [0.05, 0.1) is 11.7 Å². The first-order valence-corrected chi connectivity index (χ1v) is 27.6. The van der Waals surface area contributed by atoms with Crippen LogP contribution in [0, 0.1) is 17.8 Å². The van der Waals surface area contributed by atoms with Crippen LogP contribution in [0.4, 0.5) is 5.69 Å². The Balaban J connectivity index is 1.12. The molecule has 4 aromatic rings. The van der Waals surface area contributed by atoms with Gasteiger partial charge in [0.15, 0.2) is 0 Å². The van der Waals surface area contributed by atoms with E-state index in [1.54, 1.807) is 35.8 Å². The summed E-state index contributed by atoms with van der Waals surface area (Å²) in [7, 11) is 0. The summed E-state index contributed by atoms with van der Waals surface area (Å²) < 4.78 is 2.07. The van der Waals surface area contributed by atoms with Gasteiger partial charge in [0, 0.05) is 48.6 Å². The summed E-state index contributed by atoms with van der Waals surface area (Å²) in [5.41, 5.74) is 9.06. The van der Waals surface area contributed by atoms with Crippen molar-refractivity contribution in [1.29, 1.82) is 0 Å². The Bertz CT molecular complexity index is 3010. The second-order valence-electron chi connectivity index (χ2n) is 22.6. The lowest BCUT2D eigenvalue weighted by molar-refractivity contribution is -0.148. The first-order chi connectivity index (χ1) is 36.9. The molecular weight excluding hydrogens is 981 g/mol. The summed E-state index contributed by atoms with van der Waals surface area (Å²) in [4.78, 5) is 125. The van der Waals surface area contributed by atoms with E-state index in [-0.39, 0.29) is 49.9 Å². The van der Waals surface area contributed by atoms with Crippen molar-refractivity contribution in [3.8, 4) is 5.75 Å². The Kier molecular flexibility index (Phi) is 14.4. The fourth-order valence-electron chi connectivity index (χ4n) is 13.1. The number of anilines is 1. The molecule has 4 bridgehead atoms. The van der Waals surface area contributed by atoms with Gasteiger partial charge in [0.2, 0.25) is 41.4 Å². The maximum Gasteiger partial charge on any atom is 0.252 e. The van der Waals surface area contributed by atoms with Crippen LogP contribution in [0.25, 0.3) is 10.9 Å². The van der Waals surface area contributed by atoms with Gasteiger partial charge < -0.3 is 51.4 Å². The molecule has 0 aliphatic carbocycles. The van der Waals surface area contributed by atoms with Gasteiger partial charge in [-0.1, -0.05) is 103 Å². The van der Waals surface area contributed by atoms with Crippen LogP contribution in [-0.4, -0.2) is 139 Å². The van der Waals surface area contributed by atoms with Crippen molar-refractivity contribution in [1.82, 2.24) is 40.5 Å². The first-order valence-electron chi connectivity index (χ1n) is 27.6. The number of nitrogens with zero attached hydrogens (tertiary/aromatic N) is 5. The molecule has 8 amide bonds. The van der Waals surface area contributed by atoms with Crippen LogP contribution in [0.15, 0.2) is 79.0 Å². The third-order valence-electron chi connectivity index (χ3n) is 17.7. The smallest absolute Gasteiger partial charge is 0.252 e. The maximum absolute atomic E-state index is 15.6. The van der Waals surface area contributed by atoms with Crippen LogP contribution in [-0.2, 0) is 56.7 Å². The lowest BCUT2D eigenvalue weighted by Crippen LogP contribution is -2.68. The number of aromatic hydroxyl groups is 1. The zero-order valence-corrected chi connectivity index (χ0v) is 44.7. The topological polar surface area (TPSA) is 249 Å². The molecule has 0 saturated carbocycles.